The monoisotopic (exact) mass is 251 g/mol. The Morgan fingerprint density at radius 2 is 1.94 bits per heavy atom. The van der Waals surface area contributed by atoms with Gasteiger partial charge in [0.1, 0.15) is 5.75 Å². The molecule has 2 aromatic rings. The van der Waals surface area contributed by atoms with Crippen molar-refractivity contribution < 1.29 is 5.11 Å². The molecule has 0 unspecified atom stereocenters. The van der Waals surface area contributed by atoms with Gasteiger partial charge in [-0.2, -0.15) is 0 Å². The summed E-state index contributed by atoms with van der Waals surface area (Å²) in [4.78, 5) is 0.776. The van der Waals surface area contributed by atoms with Gasteiger partial charge in [0.2, 0.25) is 0 Å². The predicted octanol–water partition coefficient (Wildman–Crippen LogP) is 4.16. The molecule has 0 aliphatic heterocycles. The van der Waals surface area contributed by atoms with E-state index in [1.54, 1.807) is 24.4 Å². The maximum Gasteiger partial charge on any atom is 0.143 e. The van der Waals surface area contributed by atoms with Crippen molar-refractivity contribution in [1.29, 1.82) is 5.41 Å². The van der Waals surface area contributed by atoms with E-state index in [2.05, 4.69) is 0 Å². The second-order valence-electron chi connectivity index (χ2n) is 3.46. The van der Waals surface area contributed by atoms with Crippen molar-refractivity contribution in [1.82, 2.24) is 0 Å². The summed E-state index contributed by atoms with van der Waals surface area (Å²) < 4.78 is 0. The van der Waals surface area contributed by atoms with E-state index < -0.39 is 0 Å². The van der Waals surface area contributed by atoms with Gasteiger partial charge < -0.3 is 10.5 Å². The smallest absolute Gasteiger partial charge is 0.143 e. The molecule has 0 aliphatic rings. The topological polar surface area (TPSA) is 44.1 Å². The van der Waals surface area contributed by atoms with Gasteiger partial charge in [-0.1, -0.05) is 23.7 Å². The second kappa shape index (κ2) is 4.28. The SMILES string of the molecule is CC(=N)c1csc(-c2ccc(Cl)cc2)c1O. The van der Waals surface area contributed by atoms with Crippen molar-refractivity contribution in [2.24, 2.45) is 0 Å². The summed E-state index contributed by atoms with van der Waals surface area (Å²) in [6.07, 6.45) is 0. The van der Waals surface area contributed by atoms with E-state index in [1.807, 2.05) is 12.1 Å². The van der Waals surface area contributed by atoms with E-state index in [4.69, 9.17) is 17.0 Å². The first-order valence-corrected chi connectivity index (χ1v) is 5.97. The maximum absolute atomic E-state index is 9.96. The summed E-state index contributed by atoms with van der Waals surface area (Å²) in [5.41, 5.74) is 1.88. The molecule has 2 rings (SSSR count). The van der Waals surface area contributed by atoms with Crippen molar-refractivity contribution in [2.75, 3.05) is 0 Å². The van der Waals surface area contributed by atoms with Crippen LogP contribution in [0, 0.1) is 5.41 Å². The first-order valence-electron chi connectivity index (χ1n) is 4.71. The Balaban J connectivity index is 2.49. The fraction of sp³-hybridized carbons (Fsp3) is 0.0833. The zero-order chi connectivity index (χ0) is 11.7. The number of halogens is 1. The Kier molecular flexibility index (Phi) is 2.99. The van der Waals surface area contributed by atoms with Crippen molar-refractivity contribution >= 4 is 28.6 Å². The molecule has 0 atom stereocenters. The van der Waals surface area contributed by atoms with Crippen molar-refractivity contribution in [3.63, 3.8) is 0 Å². The molecule has 0 saturated carbocycles. The van der Waals surface area contributed by atoms with Crippen LogP contribution < -0.4 is 0 Å². The number of nitrogens with one attached hydrogen (secondary N) is 1. The Labute approximate surface area is 103 Å². The third kappa shape index (κ3) is 1.96. The number of hydrogen-bond donors (Lipinski definition) is 2. The highest BCUT2D eigenvalue weighted by molar-refractivity contribution is 7.14. The molecule has 0 radical (unpaired) electrons. The van der Waals surface area contributed by atoms with Crippen LogP contribution in [0.25, 0.3) is 10.4 Å². The van der Waals surface area contributed by atoms with Crippen LogP contribution in [0.3, 0.4) is 0 Å². The molecule has 2 nitrogen and oxygen atoms in total. The van der Waals surface area contributed by atoms with E-state index >= 15 is 0 Å². The third-order valence-electron chi connectivity index (χ3n) is 2.28. The van der Waals surface area contributed by atoms with Crippen molar-refractivity contribution in [3.05, 3.63) is 40.2 Å². The van der Waals surface area contributed by atoms with Crippen LogP contribution in [0.5, 0.6) is 5.75 Å². The highest BCUT2D eigenvalue weighted by atomic mass is 35.5. The zero-order valence-electron chi connectivity index (χ0n) is 8.62. The molecule has 16 heavy (non-hydrogen) atoms. The molecule has 0 spiro atoms. The number of rotatable bonds is 2. The van der Waals surface area contributed by atoms with E-state index in [9.17, 15) is 5.11 Å². The van der Waals surface area contributed by atoms with E-state index in [-0.39, 0.29) is 5.75 Å². The Morgan fingerprint density at radius 1 is 1.31 bits per heavy atom. The van der Waals surface area contributed by atoms with Crippen molar-refractivity contribution in [3.8, 4) is 16.2 Å². The van der Waals surface area contributed by atoms with Gasteiger partial charge in [-0.25, -0.2) is 0 Å². The van der Waals surface area contributed by atoms with Gasteiger partial charge in [0.15, 0.2) is 0 Å². The minimum Gasteiger partial charge on any atom is -0.506 e. The number of aromatic hydroxyl groups is 1. The molecule has 1 aromatic carbocycles. The van der Waals surface area contributed by atoms with Crippen LogP contribution in [0.15, 0.2) is 29.6 Å². The number of benzene rings is 1. The molecule has 1 heterocycles. The lowest BCUT2D eigenvalue weighted by molar-refractivity contribution is 0.478. The number of thiophene rings is 1. The van der Waals surface area contributed by atoms with Crippen molar-refractivity contribution in [2.45, 2.75) is 6.92 Å². The van der Waals surface area contributed by atoms with Crippen LogP contribution in [-0.2, 0) is 0 Å². The molecule has 0 saturated heterocycles. The highest BCUT2D eigenvalue weighted by Crippen LogP contribution is 2.38. The first kappa shape index (κ1) is 11.2. The third-order valence-corrected chi connectivity index (χ3v) is 3.55. The van der Waals surface area contributed by atoms with Crippen LogP contribution in [0.2, 0.25) is 5.02 Å². The quantitative estimate of drug-likeness (QED) is 0.774. The molecule has 82 valence electrons. The van der Waals surface area contributed by atoms with Crippen LogP contribution in [-0.4, -0.2) is 10.8 Å². The largest absolute Gasteiger partial charge is 0.506 e. The van der Waals surface area contributed by atoms with Gasteiger partial charge in [-0.05, 0) is 24.6 Å². The molecule has 4 heteroatoms. The fourth-order valence-electron chi connectivity index (χ4n) is 1.42. The van der Waals surface area contributed by atoms with Gasteiger partial charge in [0.25, 0.3) is 0 Å². The summed E-state index contributed by atoms with van der Waals surface area (Å²) in [7, 11) is 0. The van der Waals surface area contributed by atoms with Gasteiger partial charge in [0, 0.05) is 21.7 Å². The summed E-state index contributed by atoms with van der Waals surface area (Å²) in [6.45, 7) is 1.66. The Bertz CT molecular complexity index is 530. The van der Waals surface area contributed by atoms with Gasteiger partial charge >= 0.3 is 0 Å². The van der Waals surface area contributed by atoms with Crippen LogP contribution in [0.4, 0.5) is 0 Å². The summed E-state index contributed by atoms with van der Waals surface area (Å²) in [6, 6.07) is 7.29. The molecule has 0 bridgehead atoms. The Hall–Kier alpha value is -1.32. The van der Waals surface area contributed by atoms with E-state index in [0.717, 1.165) is 10.4 Å². The van der Waals surface area contributed by atoms with E-state index in [0.29, 0.717) is 16.3 Å². The lowest BCUT2D eigenvalue weighted by atomic mass is 10.1. The molecule has 0 amide bonds. The van der Waals surface area contributed by atoms with Gasteiger partial charge in [-0.15, -0.1) is 11.3 Å². The molecule has 2 N–H and O–H groups in total. The van der Waals surface area contributed by atoms with E-state index in [1.165, 1.54) is 11.3 Å². The summed E-state index contributed by atoms with van der Waals surface area (Å²) in [5.74, 6) is 0.180. The summed E-state index contributed by atoms with van der Waals surface area (Å²) >= 11 is 7.23. The highest BCUT2D eigenvalue weighted by Gasteiger charge is 2.13. The minimum absolute atomic E-state index is 0.180. The summed E-state index contributed by atoms with van der Waals surface area (Å²) in [5, 5.41) is 19.9. The number of hydrogen-bond acceptors (Lipinski definition) is 3. The average Bonchev–Trinajstić information content (AvgIpc) is 2.61. The maximum atomic E-state index is 9.96. The molecule has 1 aromatic heterocycles. The lowest BCUT2D eigenvalue weighted by Gasteiger charge is -2.00. The molecular weight excluding hydrogens is 242 g/mol. The van der Waals surface area contributed by atoms with Gasteiger partial charge in [0.05, 0.1) is 4.88 Å². The minimum atomic E-state index is 0.180. The molecule has 0 aliphatic carbocycles. The van der Waals surface area contributed by atoms with Gasteiger partial charge in [-0.3, -0.25) is 0 Å². The van der Waals surface area contributed by atoms with Crippen LogP contribution >= 0.6 is 22.9 Å². The standard InChI is InChI=1S/C12H10ClNOS/c1-7(14)10-6-16-12(11(10)15)8-2-4-9(13)5-3-8/h2-6,14-15H,1H3. The molecular formula is C12H10ClNOS. The average molecular weight is 252 g/mol. The molecule has 0 fully saturated rings. The zero-order valence-corrected chi connectivity index (χ0v) is 10.2. The second-order valence-corrected chi connectivity index (χ2v) is 4.78. The lowest BCUT2D eigenvalue weighted by Crippen LogP contribution is -1.88. The first-order chi connectivity index (χ1) is 7.59. The predicted molar refractivity (Wildman–Crippen MR) is 68.9 cm³/mol. The Morgan fingerprint density at radius 3 is 2.44 bits per heavy atom. The normalized spacial score (nSPS) is 10.4. The fourth-order valence-corrected chi connectivity index (χ4v) is 2.57. The van der Waals surface area contributed by atoms with Crippen LogP contribution in [0.1, 0.15) is 12.5 Å².